The molecule has 0 heterocycles. The molecule has 6 nitrogen and oxygen atoms in total. The van der Waals surface area contributed by atoms with Crippen molar-refractivity contribution in [2.45, 2.75) is 4.90 Å². The predicted octanol–water partition coefficient (Wildman–Crippen LogP) is 4.95. The first-order valence-electron chi connectivity index (χ1n) is 8.49. The number of nitrogens with one attached hydrogen (secondary N) is 2. The minimum absolute atomic E-state index is 0.00913. The van der Waals surface area contributed by atoms with Gasteiger partial charge in [0, 0.05) is 5.69 Å². The molecule has 0 aliphatic heterocycles. The number of halogens is 3. The number of anilines is 2. The fourth-order valence-electron chi connectivity index (χ4n) is 2.40. The Morgan fingerprint density at radius 3 is 2.33 bits per heavy atom. The minimum Gasteiger partial charge on any atom is -0.484 e. The first kappa shape index (κ1) is 21.9. The Bertz CT molecular complexity index is 1170. The van der Waals surface area contributed by atoms with Gasteiger partial charge in [-0.15, -0.1) is 0 Å². The van der Waals surface area contributed by atoms with E-state index < -0.39 is 21.7 Å². The van der Waals surface area contributed by atoms with Gasteiger partial charge in [-0.3, -0.25) is 9.52 Å². The zero-order valence-electron chi connectivity index (χ0n) is 15.2. The summed E-state index contributed by atoms with van der Waals surface area (Å²) in [5, 5.41) is 3.02. The summed E-state index contributed by atoms with van der Waals surface area (Å²) in [5.41, 5.74) is 0.567. The molecule has 1 amide bonds. The number of carbonyl (C=O) groups is 1. The van der Waals surface area contributed by atoms with Gasteiger partial charge in [0.1, 0.15) is 11.6 Å². The summed E-state index contributed by atoms with van der Waals surface area (Å²) in [4.78, 5) is 11.9. The van der Waals surface area contributed by atoms with Gasteiger partial charge in [0.2, 0.25) is 0 Å². The van der Waals surface area contributed by atoms with E-state index in [4.69, 9.17) is 27.9 Å². The molecule has 0 atom stereocenters. The fourth-order valence-corrected chi connectivity index (χ4v) is 3.75. The highest BCUT2D eigenvalue weighted by Gasteiger charge is 2.15. The van der Waals surface area contributed by atoms with Crippen LogP contribution in [0.5, 0.6) is 5.75 Å². The van der Waals surface area contributed by atoms with E-state index in [0.29, 0.717) is 10.7 Å². The van der Waals surface area contributed by atoms with Crippen molar-refractivity contribution in [3.8, 4) is 5.75 Å². The highest BCUT2D eigenvalue weighted by Crippen LogP contribution is 2.27. The lowest BCUT2D eigenvalue weighted by Gasteiger charge is -2.10. The van der Waals surface area contributed by atoms with Crippen LogP contribution in [0, 0.1) is 5.82 Å². The zero-order chi connectivity index (χ0) is 21.7. The van der Waals surface area contributed by atoms with Gasteiger partial charge in [-0.2, -0.15) is 0 Å². The summed E-state index contributed by atoms with van der Waals surface area (Å²) in [7, 11) is -3.86. The molecule has 0 bridgehead atoms. The van der Waals surface area contributed by atoms with Crippen molar-refractivity contribution >= 4 is 50.5 Å². The molecule has 0 radical (unpaired) electrons. The Balaban J connectivity index is 1.59. The molecular formula is C20H15Cl2FN2O4S. The van der Waals surface area contributed by atoms with Gasteiger partial charge in [-0.05, 0) is 60.7 Å². The van der Waals surface area contributed by atoms with Gasteiger partial charge in [0.25, 0.3) is 15.9 Å². The number of hydrogen-bond donors (Lipinski definition) is 2. The molecular weight excluding hydrogens is 454 g/mol. The molecule has 0 fully saturated rings. The molecule has 0 aliphatic carbocycles. The van der Waals surface area contributed by atoms with Crippen LogP contribution in [0.2, 0.25) is 10.0 Å². The second kappa shape index (κ2) is 9.34. The summed E-state index contributed by atoms with van der Waals surface area (Å²) in [6.45, 7) is -0.329. The van der Waals surface area contributed by atoms with Gasteiger partial charge < -0.3 is 10.1 Å². The molecule has 0 spiro atoms. The van der Waals surface area contributed by atoms with E-state index in [1.165, 1.54) is 60.7 Å². The largest absolute Gasteiger partial charge is 0.484 e. The Labute approximate surface area is 182 Å². The average Bonchev–Trinajstić information content (AvgIpc) is 2.69. The van der Waals surface area contributed by atoms with Gasteiger partial charge in [-0.25, -0.2) is 12.8 Å². The molecule has 2 N–H and O–H groups in total. The van der Waals surface area contributed by atoms with Crippen molar-refractivity contribution in [2.75, 3.05) is 16.6 Å². The Hall–Kier alpha value is -2.81. The molecule has 156 valence electrons. The standard InChI is InChI=1S/C20H15Cl2FN2O4S/c21-18-9-4-15(11-19(18)22)25-30(27,28)17-7-5-16(6-8-17)29-12-20(26)24-14-3-1-2-13(23)10-14/h1-11,25H,12H2,(H,24,26). The second-order valence-corrected chi connectivity index (χ2v) is 8.55. The third kappa shape index (κ3) is 5.85. The van der Waals surface area contributed by atoms with Crippen molar-refractivity contribution in [3.63, 3.8) is 0 Å². The third-order valence-electron chi connectivity index (χ3n) is 3.78. The molecule has 0 aromatic heterocycles. The normalized spacial score (nSPS) is 11.0. The van der Waals surface area contributed by atoms with E-state index in [1.807, 2.05) is 0 Å². The minimum atomic E-state index is -3.86. The van der Waals surface area contributed by atoms with E-state index in [1.54, 1.807) is 6.07 Å². The highest BCUT2D eigenvalue weighted by molar-refractivity contribution is 7.92. The number of sulfonamides is 1. The van der Waals surface area contributed by atoms with Gasteiger partial charge >= 0.3 is 0 Å². The Kier molecular flexibility index (Phi) is 6.81. The van der Waals surface area contributed by atoms with Gasteiger partial charge in [0.15, 0.2) is 6.61 Å². The molecule has 0 aliphatic rings. The number of rotatable bonds is 7. The lowest BCUT2D eigenvalue weighted by Crippen LogP contribution is -2.20. The van der Waals surface area contributed by atoms with Crippen LogP contribution in [-0.4, -0.2) is 20.9 Å². The monoisotopic (exact) mass is 468 g/mol. The summed E-state index contributed by atoms with van der Waals surface area (Å²) in [6.07, 6.45) is 0. The van der Waals surface area contributed by atoms with Crippen LogP contribution < -0.4 is 14.8 Å². The van der Waals surface area contributed by atoms with E-state index in [0.717, 1.165) is 0 Å². The van der Waals surface area contributed by atoms with Crippen LogP contribution in [0.15, 0.2) is 71.6 Å². The molecule has 3 rings (SSSR count). The van der Waals surface area contributed by atoms with E-state index in [2.05, 4.69) is 10.0 Å². The Morgan fingerprint density at radius 1 is 0.933 bits per heavy atom. The summed E-state index contributed by atoms with van der Waals surface area (Å²) >= 11 is 11.7. The van der Waals surface area contributed by atoms with Crippen LogP contribution in [0.4, 0.5) is 15.8 Å². The van der Waals surface area contributed by atoms with Gasteiger partial charge in [-0.1, -0.05) is 29.3 Å². The van der Waals surface area contributed by atoms with Crippen molar-refractivity contribution < 1.29 is 22.3 Å². The zero-order valence-corrected chi connectivity index (χ0v) is 17.6. The third-order valence-corrected chi connectivity index (χ3v) is 5.92. The maximum atomic E-state index is 13.1. The Morgan fingerprint density at radius 2 is 1.67 bits per heavy atom. The second-order valence-electron chi connectivity index (χ2n) is 6.05. The first-order valence-corrected chi connectivity index (χ1v) is 10.7. The highest BCUT2D eigenvalue weighted by atomic mass is 35.5. The predicted molar refractivity (Wildman–Crippen MR) is 114 cm³/mol. The van der Waals surface area contributed by atoms with Crippen molar-refractivity contribution in [3.05, 3.63) is 82.6 Å². The van der Waals surface area contributed by atoms with Crippen molar-refractivity contribution in [1.29, 1.82) is 0 Å². The molecule has 3 aromatic rings. The quantitative estimate of drug-likeness (QED) is 0.513. The number of carbonyl (C=O) groups excluding carboxylic acids is 1. The number of benzene rings is 3. The molecule has 3 aromatic carbocycles. The van der Waals surface area contributed by atoms with Crippen molar-refractivity contribution in [2.24, 2.45) is 0 Å². The molecule has 0 unspecified atom stereocenters. The number of amides is 1. The maximum absolute atomic E-state index is 13.1. The topological polar surface area (TPSA) is 84.5 Å². The van der Waals surface area contributed by atoms with Crippen LogP contribution in [0.3, 0.4) is 0 Å². The SMILES string of the molecule is O=C(COc1ccc(S(=O)(=O)Nc2ccc(Cl)c(Cl)c2)cc1)Nc1cccc(F)c1. The lowest BCUT2D eigenvalue weighted by molar-refractivity contribution is -0.118. The average molecular weight is 469 g/mol. The maximum Gasteiger partial charge on any atom is 0.262 e. The lowest BCUT2D eigenvalue weighted by atomic mass is 10.3. The van der Waals surface area contributed by atoms with E-state index >= 15 is 0 Å². The van der Waals surface area contributed by atoms with E-state index in [-0.39, 0.29) is 28.0 Å². The molecule has 0 saturated heterocycles. The molecule has 0 saturated carbocycles. The van der Waals surface area contributed by atoms with Crippen molar-refractivity contribution in [1.82, 2.24) is 0 Å². The van der Waals surface area contributed by atoms with Crippen LogP contribution in [0.25, 0.3) is 0 Å². The molecule has 30 heavy (non-hydrogen) atoms. The molecule has 10 heteroatoms. The van der Waals surface area contributed by atoms with E-state index in [9.17, 15) is 17.6 Å². The fraction of sp³-hybridized carbons (Fsp3) is 0.0500. The smallest absolute Gasteiger partial charge is 0.262 e. The number of hydrogen-bond acceptors (Lipinski definition) is 4. The summed E-state index contributed by atoms with van der Waals surface area (Å²) < 4.78 is 45.8. The van der Waals surface area contributed by atoms with Crippen LogP contribution in [0.1, 0.15) is 0 Å². The van der Waals surface area contributed by atoms with Crippen LogP contribution in [-0.2, 0) is 14.8 Å². The van der Waals surface area contributed by atoms with Crippen LogP contribution >= 0.6 is 23.2 Å². The first-order chi connectivity index (χ1) is 14.2. The number of ether oxygens (including phenoxy) is 1. The summed E-state index contributed by atoms with van der Waals surface area (Å²) in [6, 6.07) is 15.3. The summed E-state index contributed by atoms with van der Waals surface area (Å²) in [5.74, 6) is -0.670. The van der Waals surface area contributed by atoms with Gasteiger partial charge in [0.05, 0.1) is 20.6 Å².